The summed E-state index contributed by atoms with van der Waals surface area (Å²) in [5.74, 6) is -5.49. The Morgan fingerprint density at radius 3 is 1.03 bits per heavy atom. The number of ether oxygens (including phenoxy) is 8. The van der Waals surface area contributed by atoms with Gasteiger partial charge in [-0.2, -0.15) is 0 Å². The van der Waals surface area contributed by atoms with Gasteiger partial charge in [-0.1, -0.05) is 109 Å². The van der Waals surface area contributed by atoms with Crippen molar-refractivity contribution < 1.29 is 66.7 Å². The van der Waals surface area contributed by atoms with Crippen molar-refractivity contribution in [3.8, 4) is 0 Å². The summed E-state index contributed by atoms with van der Waals surface area (Å²) in [6, 6.07) is 46.7. The molecule has 8 atom stereocenters. The molecule has 0 bridgehead atoms. The molecule has 0 aliphatic carbocycles. The maximum atomic E-state index is 15.8. The second-order valence-corrected chi connectivity index (χ2v) is 17.6. The van der Waals surface area contributed by atoms with Crippen molar-refractivity contribution in [1.82, 2.24) is 19.1 Å². The Labute approximate surface area is 442 Å². The second-order valence-electron chi connectivity index (χ2n) is 17.6. The van der Waals surface area contributed by atoms with E-state index in [0.717, 1.165) is 10.8 Å². The highest BCUT2D eigenvalue weighted by Gasteiger charge is 2.55. The van der Waals surface area contributed by atoms with Gasteiger partial charge in [0.15, 0.2) is 48.0 Å². The van der Waals surface area contributed by atoms with E-state index in [-0.39, 0.29) is 33.4 Å². The van der Waals surface area contributed by atoms with E-state index in [1.165, 1.54) is 79.0 Å². The summed E-state index contributed by atoms with van der Waals surface area (Å²) in [6.45, 7) is -1.34. The number of carbonyl (C=O) groups excluding carboxylic acids is 6. The van der Waals surface area contributed by atoms with Gasteiger partial charge in [0.1, 0.15) is 25.4 Å². The van der Waals surface area contributed by atoms with Crippen molar-refractivity contribution in [3.05, 3.63) is 249 Å². The van der Waals surface area contributed by atoms with Gasteiger partial charge in [-0.3, -0.25) is 4.79 Å². The molecule has 20 heteroatoms. The van der Waals surface area contributed by atoms with Gasteiger partial charge in [-0.25, -0.2) is 52.7 Å². The third kappa shape index (κ3) is 11.1. The van der Waals surface area contributed by atoms with Crippen molar-refractivity contribution in [1.29, 1.82) is 0 Å². The number of fused-ring (bicyclic) bond motifs is 1. The zero-order chi connectivity index (χ0) is 54.1. The van der Waals surface area contributed by atoms with Crippen LogP contribution in [0.5, 0.6) is 0 Å². The molecule has 2 saturated heterocycles. The molecule has 8 aromatic rings. The van der Waals surface area contributed by atoms with Crippen LogP contribution >= 0.6 is 0 Å². The average Bonchev–Trinajstić information content (AvgIpc) is 4.21. The topological polar surface area (TPSA) is 246 Å². The number of carbonyl (C=O) groups is 6. The van der Waals surface area contributed by atoms with E-state index in [1.807, 2.05) is 0 Å². The largest absolute Gasteiger partial charge is 0.459 e. The van der Waals surface area contributed by atoms with Gasteiger partial charge in [0.2, 0.25) is 0 Å². The molecule has 6 aromatic carbocycles. The van der Waals surface area contributed by atoms with Crippen molar-refractivity contribution in [2.45, 2.75) is 49.1 Å². The molecular formula is C58H44N4O16. The molecule has 2 aliphatic rings. The van der Waals surface area contributed by atoms with Crippen molar-refractivity contribution in [3.63, 3.8) is 0 Å². The number of rotatable bonds is 16. The van der Waals surface area contributed by atoms with E-state index in [4.69, 9.17) is 37.9 Å². The zero-order valence-electron chi connectivity index (χ0n) is 40.8. The quantitative estimate of drug-likeness (QED) is 0.0754. The molecule has 78 heavy (non-hydrogen) atoms. The minimum Gasteiger partial charge on any atom is -0.459 e. The Morgan fingerprint density at radius 2 is 0.679 bits per heavy atom. The highest BCUT2D eigenvalue weighted by Crippen LogP contribution is 2.38. The maximum Gasteiger partial charge on any atom is 0.338 e. The zero-order valence-corrected chi connectivity index (χ0v) is 40.8. The van der Waals surface area contributed by atoms with Gasteiger partial charge >= 0.3 is 41.5 Å². The number of nitrogens with zero attached hydrogens (tertiary/aromatic N) is 4. The van der Waals surface area contributed by atoms with E-state index in [2.05, 4.69) is 9.97 Å². The van der Waals surface area contributed by atoms with Crippen LogP contribution in [0.1, 0.15) is 74.6 Å². The van der Waals surface area contributed by atoms with Gasteiger partial charge in [-0.15, -0.1) is 0 Å². The minimum atomic E-state index is -2.04. The first-order chi connectivity index (χ1) is 38.0. The minimum absolute atomic E-state index is 0.00926. The Hall–Kier alpha value is -9.92. The van der Waals surface area contributed by atoms with Crippen LogP contribution in [0, 0.1) is 0 Å². The predicted octanol–water partition coefficient (Wildman–Crippen LogP) is 6.36. The Balaban J connectivity index is 1.12. The van der Waals surface area contributed by atoms with Crippen LogP contribution in [0.4, 0.5) is 0 Å². The van der Waals surface area contributed by atoms with Crippen LogP contribution in [-0.2, 0) is 37.9 Å². The SMILES string of the molecule is O=C(OC[C@H]1O[C@@H](n2c(=O)c3nccnc3n([C@@H]3O[C@H](COC(=O)c4ccccc4)[C@@H](OC(=O)c4ccccc4)[C@H]3OC(=O)c3ccccc3)c2=O)[C@H](OC(=O)c2ccccc2)[C@@H]1OC(=O)c1ccccc1)c1ccccc1. The Bertz CT molecular complexity index is 3590. The van der Waals surface area contributed by atoms with Crippen LogP contribution in [-0.4, -0.2) is 105 Å². The van der Waals surface area contributed by atoms with Crippen molar-refractivity contribution >= 4 is 47.0 Å². The second kappa shape index (κ2) is 23.3. The van der Waals surface area contributed by atoms with Crippen LogP contribution in [0.25, 0.3) is 11.2 Å². The van der Waals surface area contributed by atoms with Crippen molar-refractivity contribution in [2.24, 2.45) is 0 Å². The molecule has 20 nitrogen and oxygen atoms in total. The molecule has 2 fully saturated rings. The first-order valence-electron chi connectivity index (χ1n) is 24.3. The number of aromatic nitrogens is 4. The number of benzene rings is 6. The van der Waals surface area contributed by atoms with Crippen LogP contribution in [0.2, 0.25) is 0 Å². The number of hydrogen-bond donors (Lipinski definition) is 0. The average molecular weight is 1050 g/mol. The maximum absolute atomic E-state index is 15.8. The highest BCUT2D eigenvalue weighted by atomic mass is 16.7. The molecule has 0 N–H and O–H groups in total. The summed E-state index contributed by atoms with van der Waals surface area (Å²) < 4.78 is 50.3. The van der Waals surface area contributed by atoms with E-state index in [9.17, 15) is 28.8 Å². The molecule has 4 heterocycles. The molecular weight excluding hydrogens is 1010 g/mol. The molecule has 0 saturated carbocycles. The van der Waals surface area contributed by atoms with Crippen LogP contribution in [0.3, 0.4) is 0 Å². The van der Waals surface area contributed by atoms with Crippen LogP contribution in [0.15, 0.2) is 204 Å². The molecule has 2 aliphatic heterocycles. The Kier molecular flexibility index (Phi) is 15.4. The lowest BCUT2D eigenvalue weighted by atomic mass is 10.1. The molecule has 2 aromatic heterocycles. The first-order valence-corrected chi connectivity index (χ1v) is 24.3. The van der Waals surface area contributed by atoms with E-state index in [0.29, 0.717) is 4.57 Å². The van der Waals surface area contributed by atoms with Crippen molar-refractivity contribution in [2.75, 3.05) is 13.2 Å². The van der Waals surface area contributed by atoms with Gasteiger partial charge in [0.25, 0.3) is 5.56 Å². The van der Waals surface area contributed by atoms with E-state index >= 15 is 9.59 Å². The lowest BCUT2D eigenvalue weighted by Gasteiger charge is -2.27. The fourth-order valence-electron chi connectivity index (χ4n) is 8.85. The van der Waals surface area contributed by atoms with Gasteiger partial charge in [0.05, 0.1) is 33.4 Å². The summed E-state index contributed by atoms with van der Waals surface area (Å²) in [5.41, 5.74) is -3.00. The summed E-state index contributed by atoms with van der Waals surface area (Å²) in [7, 11) is 0. The number of esters is 6. The lowest BCUT2D eigenvalue weighted by molar-refractivity contribution is -0.0744. The summed E-state index contributed by atoms with van der Waals surface area (Å²) in [4.78, 5) is 123. The Morgan fingerprint density at radius 1 is 0.385 bits per heavy atom. The third-order valence-corrected chi connectivity index (χ3v) is 12.6. The first kappa shape index (κ1) is 51.6. The molecule has 10 rings (SSSR count). The fourth-order valence-corrected chi connectivity index (χ4v) is 8.85. The van der Waals surface area contributed by atoms with Gasteiger partial charge < -0.3 is 37.9 Å². The van der Waals surface area contributed by atoms with E-state index < -0.39 is 121 Å². The third-order valence-electron chi connectivity index (χ3n) is 12.6. The lowest BCUT2D eigenvalue weighted by Crippen LogP contribution is -2.50. The highest BCUT2D eigenvalue weighted by molar-refractivity contribution is 5.92. The molecule has 0 unspecified atom stereocenters. The summed E-state index contributed by atoms with van der Waals surface area (Å²) in [6.07, 6.45) is -11.8. The standard InChI is InChI=1S/C58H44N4O16/c63-49-43-48(60-32-31-59-43)61(50-46(77-56(68)39-27-15-5-16-28-39)44(75-54(66)37-23-11-3-12-24-37)41(73-50)33-71-52(64)35-19-7-1-8-20-35)58(70)62(49)51-47(78-57(69)40-29-17-6-18-30-40)45(76-55(67)38-25-13-4-14-26-38)42(74-51)34-72-53(65)36-21-9-2-10-22-36/h1-32,41-42,44-47,50-51H,33-34H2/t41-,42-,44-,45-,46-,47-,50-,51-/m1/s1. The number of hydrogen-bond acceptors (Lipinski definition) is 18. The molecule has 0 spiro atoms. The molecule has 392 valence electrons. The van der Waals surface area contributed by atoms with Crippen LogP contribution < -0.4 is 11.2 Å². The molecule has 0 amide bonds. The summed E-state index contributed by atoms with van der Waals surface area (Å²) in [5, 5.41) is 0. The predicted molar refractivity (Wildman–Crippen MR) is 272 cm³/mol. The smallest absolute Gasteiger partial charge is 0.338 e. The normalized spacial score (nSPS) is 20.5. The monoisotopic (exact) mass is 1050 g/mol. The molecule has 0 radical (unpaired) electrons. The van der Waals surface area contributed by atoms with E-state index in [1.54, 1.807) is 109 Å². The van der Waals surface area contributed by atoms with Gasteiger partial charge in [0, 0.05) is 12.4 Å². The fraction of sp³-hybridized carbons (Fsp3) is 0.172. The van der Waals surface area contributed by atoms with Gasteiger partial charge in [-0.05, 0) is 72.8 Å². The summed E-state index contributed by atoms with van der Waals surface area (Å²) >= 11 is 0.